The van der Waals surface area contributed by atoms with Gasteiger partial charge < -0.3 is 10.1 Å². The molecule has 7 nitrogen and oxygen atoms in total. The van der Waals surface area contributed by atoms with Crippen molar-refractivity contribution >= 4 is 5.91 Å². The number of hydrogen-bond donors (Lipinski definition) is 1. The maximum absolute atomic E-state index is 12.5. The van der Waals surface area contributed by atoms with Crippen LogP contribution in [0.5, 0.6) is 0 Å². The van der Waals surface area contributed by atoms with E-state index in [4.69, 9.17) is 4.74 Å². The molecule has 28 heavy (non-hydrogen) atoms. The molecule has 0 fully saturated rings. The molecule has 1 atom stereocenters. The van der Waals surface area contributed by atoms with Crippen LogP contribution >= 0.6 is 0 Å². The number of carbonyl (C=O) groups is 1. The molecule has 7 heteroatoms. The Bertz CT molecular complexity index is 865. The summed E-state index contributed by atoms with van der Waals surface area (Å²) >= 11 is 0. The minimum atomic E-state index is -0.262. The lowest BCUT2D eigenvalue weighted by atomic mass is 9.98. The maximum atomic E-state index is 12.5. The monoisotopic (exact) mass is 384 g/mol. The first kappa shape index (κ1) is 20.2. The Kier molecular flexibility index (Phi) is 6.95. The van der Waals surface area contributed by atoms with Crippen molar-refractivity contribution in [2.24, 2.45) is 0 Å². The molecule has 0 saturated carbocycles. The van der Waals surface area contributed by atoms with Gasteiger partial charge >= 0.3 is 0 Å². The molecule has 1 aromatic carbocycles. The summed E-state index contributed by atoms with van der Waals surface area (Å²) in [4.78, 5) is 26.8. The van der Waals surface area contributed by atoms with Gasteiger partial charge in [-0.3, -0.25) is 14.5 Å². The van der Waals surface area contributed by atoms with Crippen LogP contribution in [0.25, 0.3) is 0 Å². The number of amides is 1. The number of benzene rings is 1. The molecule has 2 aromatic rings. The molecule has 3 rings (SSSR count). The molecule has 0 spiro atoms. The van der Waals surface area contributed by atoms with Crippen LogP contribution in [0.1, 0.15) is 35.0 Å². The van der Waals surface area contributed by atoms with E-state index in [1.54, 1.807) is 7.11 Å². The molecule has 0 bridgehead atoms. The Balaban J connectivity index is 1.61. The summed E-state index contributed by atoms with van der Waals surface area (Å²) < 4.78 is 6.24. The molecule has 0 radical (unpaired) electrons. The van der Waals surface area contributed by atoms with Crippen LogP contribution in [-0.4, -0.2) is 53.4 Å². The van der Waals surface area contributed by atoms with E-state index in [0.717, 1.165) is 25.9 Å². The minimum Gasteiger partial charge on any atom is -0.383 e. The van der Waals surface area contributed by atoms with Crippen LogP contribution in [0.2, 0.25) is 0 Å². The number of rotatable bonds is 8. The Hall–Kier alpha value is -2.51. The van der Waals surface area contributed by atoms with Crippen molar-refractivity contribution in [2.75, 3.05) is 26.8 Å². The van der Waals surface area contributed by atoms with Crippen molar-refractivity contribution in [3.63, 3.8) is 0 Å². The van der Waals surface area contributed by atoms with E-state index in [1.807, 2.05) is 0 Å². The van der Waals surface area contributed by atoms with Crippen molar-refractivity contribution < 1.29 is 9.53 Å². The van der Waals surface area contributed by atoms with Crippen LogP contribution in [0, 0.1) is 0 Å². The Morgan fingerprint density at radius 3 is 2.79 bits per heavy atom. The van der Waals surface area contributed by atoms with E-state index in [2.05, 4.69) is 46.5 Å². The van der Waals surface area contributed by atoms with Crippen LogP contribution in [0.3, 0.4) is 0 Å². The zero-order valence-electron chi connectivity index (χ0n) is 16.6. The third-order valence-corrected chi connectivity index (χ3v) is 5.25. The van der Waals surface area contributed by atoms with Gasteiger partial charge in [-0.05, 0) is 30.0 Å². The van der Waals surface area contributed by atoms with Crippen molar-refractivity contribution in [2.45, 2.75) is 38.9 Å². The van der Waals surface area contributed by atoms with Gasteiger partial charge in [-0.2, -0.15) is 5.10 Å². The van der Waals surface area contributed by atoms with Gasteiger partial charge in [0.05, 0.1) is 13.2 Å². The summed E-state index contributed by atoms with van der Waals surface area (Å²) in [6.07, 6.45) is 1.98. The fraction of sp³-hybridized carbons (Fsp3) is 0.476. The first-order valence-corrected chi connectivity index (χ1v) is 9.78. The van der Waals surface area contributed by atoms with Gasteiger partial charge in [-0.25, -0.2) is 4.68 Å². The third kappa shape index (κ3) is 4.85. The summed E-state index contributed by atoms with van der Waals surface area (Å²) in [6, 6.07) is 11.6. The second-order valence-corrected chi connectivity index (χ2v) is 7.03. The third-order valence-electron chi connectivity index (χ3n) is 5.25. The van der Waals surface area contributed by atoms with E-state index in [9.17, 15) is 9.59 Å². The van der Waals surface area contributed by atoms with E-state index >= 15 is 0 Å². The molecule has 0 saturated heterocycles. The smallest absolute Gasteiger partial charge is 0.271 e. The molecule has 0 aliphatic carbocycles. The predicted molar refractivity (Wildman–Crippen MR) is 107 cm³/mol. The number of aromatic nitrogens is 2. The van der Waals surface area contributed by atoms with Gasteiger partial charge in [0.25, 0.3) is 11.5 Å². The maximum Gasteiger partial charge on any atom is 0.271 e. The average molecular weight is 384 g/mol. The second-order valence-electron chi connectivity index (χ2n) is 7.03. The zero-order chi connectivity index (χ0) is 19.9. The topological polar surface area (TPSA) is 76.5 Å². The summed E-state index contributed by atoms with van der Waals surface area (Å²) in [5, 5.41) is 7.14. The predicted octanol–water partition coefficient (Wildman–Crippen LogP) is 1.46. The number of carbonyl (C=O) groups excluding carboxylic acids is 1. The second kappa shape index (κ2) is 9.61. The highest BCUT2D eigenvalue weighted by Gasteiger charge is 2.23. The van der Waals surface area contributed by atoms with Crippen molar-refractivity contribution in [1.82, 2.24) is 20.0 Å². The fourth-order valence-corrected chi connectivity index (χ4v) is 3.57. The lowest BCUT2D eigenvalue weighted by Crippen LogP contribution is -2.46. The number of fused-ring (bicyclic) bond motifs is 1. The summed E-state index contributed by atoms with van der Waals surface area (Å²) in [5.74, 6) is -0.262. The largest absolute Gasteiger partial charge is 0.383 e. The number of nitrogens with zero attached hydrogens (tertiary/aromatic N) is 3. The van der Waals surface area contributed by atoms with Gasteiger partial charge in [0.15, 0.2) is 0 Å². The summed E-state index contributed by atoms with van der Waals surface area (Å²) in [7, 11) is 1.56. The van der Waals surface area contributed by atoms with Gasteiger partial charge in [-0.1, -0.05) is 31.2 Å². The first-order valence-electron chi connectivity index (χ1n) is 9.78. The quantitative estimate of drug-likeness (QED) is 0.746. The normalized spacial score (nSPS) is 15.1. The number of ether oxygens (including phenoxy) is 1. The molecule has 1 N–H and O–H groups in total. The molecule has 150 valence electrons. The van der Waals surface area contributed by atoms with Crippen LogP contribution in [-0.2, 0) is 24.2 Å². The van der Waals surface area contributed by atoms with Crippen LogP contribution in [0.4, 0.5) is 0 Å². The summed E-state index contributed by atoms with van der Waals surface area (Å²) in [6.45, 7) is 5.28. The summed E-state index contributed by atoms with van der Waals surface area (Å²) in [5.41, 5.74) is 2.78. The average Bonchev–Trinajstić information content (AvgIpc) is 2.73. The van der Waals surface area contributed by atoms with E-state index in [-0.39, 0.29) is 23.2 Å². The van der Waals surface area contributed by atoms with Gasteiger partial charge in [0, 0.05) is 38.9 Å². The number of hydrogen-bond acceptors (Lipinski definition) is 5. The van der Waals surface area contributed by atoms with Crippen LogP contribution < -0.4 is 10.9 Å². The van der Waals surface area contributed by atoms with Gasteiger partial charge in [0.2, 0.25) is 0 Å². The molecular formula is C21H28N4O3. The minimum absolute atomic E-state index is 0.244. The van der Waals surface area contributed by atoms with Crippen molar-refractivity contribution in [3.05, 3.63) is 63.6 Å². The van der Waals surface area contributed by atoms with E-state index in [1.165, 1.54) is 27.9 Å². The highest BCUT2D eigenvalue weighted by molar-refractivity contribution is 5.92. The molecule has 2 heterocycles. The SMILES string of the molecule is CC[C@@H](CNC(=O)c1ccc(=O)n(CCOC)n1)N1CCc2ccccc2C1. The van der Waals surface area contributed by atoms with Gasteiger partial charge in [-0.15, -0.1) is 0 Å². The molecule has 1 aliphatic heterocycles. The molecule has 1 amide bonds. The Morgan fingerprint density at radius 1 is 1.25 bits per heavy atom. The Morgan fingerprint density at radius 2 is 2.04 bits per heavy atom. The molecule has 0 unspecified atom stereocenters. The molecule has 1 aromatic heterocycles. The van der Waals surface area contributed by atoms with Crippen molar-refractivity contribution in [1.29, 1.82) is 0 Å². The first-order chi connectivity index (χ1) is 13.6. The molecule has 1 aliphatic rings. The number of methoxy groups -OCH3 is 1. The zero-order valence-corrected chi connectivity index (χ0v) is 16.6. The fourth-order valence-electron chi connectivity index (χ4n) is 3.57. The van der Waals surface area contributed by atoms with Gasteiger partial charge in [0.1, 0.15) is 5.69 Å². The Labute approximate surface area is 165 Å². The lowest BCUT2D eigenvalue weighted by Gasteiger charge is -2.35. The number of nitrogens with one attached hydrogen (secondary N) is 1. The standard InChI is InChI=1S/C21H28N4O3/c1-3-18(24-11-10-16-6-4-5-7-17(16)15-24)14-22-21(27)19-8-9-20(26)25(23-19)12-13-28-2/h4-9,18H,3,10-15H2,1-2H3,(H,22,27)/t18-/m0/s1. The molecular weight excluding hydrogens is 356 g/mol. The van der Waals surface area contributed by atoms with Crippen molar-refractivity contribution in [3.8, 4) is 0 Å². The van der Waals surface area contributed by atoms with E-state index < -0.39 is 0 Å². The highest BCUT2D eigenvalue weighted by atomic mass is 16.5. The van der Waals surface area contributed by atoms with Crippen LogP contribution in [0.15, 0.2) is 41.2 Å². The van der Waals surface area contributed by atoms with E-state index in [0.29, 0.717) is 19.7 Å². The lowest BCUT2D eigenvalue weighted by molar-refractivity contribution is 0.0917. The highest BCUT2D eigenvalue weighted by Crippen LogP contribution is 2.21.